The van der Waals surface area contributed by atoms with E-state index in [1.807, 2.05) is 0 Å². The fourth-order valence-corrected chi connectivity index (χ4v) is 2.22. The Bertz CT molecular complexity index is 854. The molecular formula is C16H12Cl2N2O5. The number of amides is 1. The molecule has 0 unspecified atom stereocenters. The van der Waals surface area contributed by atoms with E-state index in [1.54, 1.807) is 6.92 Å². The number of halogens is 2. The van der Waals surface area contributed by atoms with Gasteiger partial charge in [-0.2, -0.15) is 0 Å². The minimum Gasteiger partial charge on any atom is -0.452 e. The normalized spacial score (nSPS) is 10.2. The summed E-state index contributed by atoms with van der Waals surface area (Å²) in [6, 6.07) is 8.22. The van der Waals surface area contributed by atoms with Crippen LogP contribution in [-0.2, 0) is 9.53 Å². The van der Waals surface area contributed by atoms with Crippen LogP contribution in [-0.4, -0.2) is 23.4 Å². The Morgan fingerprint density at radius 3 is 2.48 bits per heavy atom. The first-order chi connectivity index (χ1) is 11.8. The van der Waals surface area contributed by atoms with Crippen LogP contribution >= 0.6 is 23.2 Å². The number of nitro groups is 1. The van der Waals surface area contributed by atoms with Crippen molar-refractivity contribution in [1.82, 2.24) is 0 Å². The van der Waals surface area contributed by atoms with Gasteiger partial charge in [0.25, 0.3) is 11.6 Å². The minimum absolute atomic E-state index is 0.0819. The molecule has 0 aromatic heterocycles. The molecule has 0 aliphatic carbocycles. The largest absolute Gasteiger partial charge is 0.452 e. The Labute approximate surface area is 152 Å². The van der Waals surface area contributed by atoms with Gasteiger partial charge >= 0.3 is 5.97 Å². The van der Waals surface area contributed by atoms with Crippen molar-refractivity contribution in [2.24, 2.45) is 0 Å². The van der Waals surface area contributed by atoms with E-state index in [0.717, 1.165) is 0 Å². The Morgan fingerprint density at radius 1 is 1.16 bits per heavy atom. The summed E-state index contributed by atoms with van der Waals surface area (Å²) in [5, 5.41) is 13.7. The van der Waals surface area contributed by atoms with E-state index in [-0.39, 0.29) is 16.3 Å². The lowest BCUT2D eigenvalue weighted by molar-refractivity contribution is -0.384. The lowest BCUT2D eigenvalue weighted by atomic mass is 10.2. The molecule has 0 bridgehead atoms. The fourth-order valence-electron chi connectivity index (χ4n) is 1.93. The van der Waals surface area contributed by atoms with Crippen molar-refractivity contribution >= 4 is 46.5 Å². The number of non-ortho nitro benzene ring substituents is 1. The average Bonchev–Trinajstić information content (AvgIpc) is 2.56. The van der Waals surface area contributed by atoms with Gasteiger partial charge in [-0.1, -0.05) is 23.2 Å². The van der Waals surface area contributed by atoms with Gasteiger partial charge in [0.2, 0.25) is 0 Å². The van der Waals surface area contributed by atoms with Crippen molar-refractivity contribution < 1.29 is 19.2 Å². The van der Waals surface area contributed by atoms with Gasteiger partial charge in [0.05, 0.1) is 20.5 Å². The van der Waals surface area contributed by atoms with Gasteiger partial charge in [-0.3, -0.25) is 14.9 Å². The molecule has 0 saturated heterocycles. The fraction of sp³-hybridized carbons (Fsp3) is 0.125. The highest BCUT2D eigenvalue weighted by Gasteiger charge is 2.14. The predicted octanol–water partition coefficient (Wildman–Crippen LogP) is 4.01. The summed E-state index contributed by atoms with van der Waals surface area (Å²) >= 11 is 11.6. The highest BCUT2D eigenvalue weighted by atomic mass is 35.5. The maximum Gasteiger partial charge on any atom is 0.338 e. The first kappa shape index (κ1) is 18.7. The van der Waals surface area contributed by atoms with E-state index >= 15 is 0 Å². The molecule has 1 amide bonds. The first-order valence-electron chi connectivity index (χ1n) is 6.95. The molecular weight excluding hydrogens is 371 g/mol. The molecule has 0 heterocycles. The quantitative estimate of drug-likeness (QED) is 0.478. The average molecular weight is 383 g/mol. The highest BCUT2D eigenvalue weighted by molar-refractivity contribution is 6.42. The Kier molecular flexibility index (Phi) is 5.95. The number of hydrogen-bond donors (Lipinski definition) is 1. The maximum absolute atomic E-state index is 11.9. The number of carbonyl (C=O) groups is 2. The standard InChI is InChI=1S/C16H12Cl2N2O5/c1-9-6-11(20(23)24)3-5-14(9)19-15(21)8-25-16(22)10-2-4-12(17)13(18)7-10/h2-7H,8H2,1H3,(H,19,21). The number of esters is 1. The van der Waals surface area contributed by atoms with E-state index in [2.05, 4.69) is 5.32 Å². The third-order valence-corrected chi connectivity index (χ3v) is 3.92. The lowest BCUT2D eigenvalue weighted by Crippen LogP contribution is -2.21. The second-order valence-electron chi connectivity index (χ2n) is 5.01. The molecule has 130 valence electrons. The van der Waals surface area contributed by atoms with Crippen LogP contribution in [0.2, 0.25) is 10.0 Å². The molecule has 9 heteroatoms. The van der Waals surface area contributed by atoms with Crippen molar-refractivity contribution in [2.75, 3.05) is 11.9 Å². The molecule has 0 spiro atoms. The molecule has 0 saturated carbocycles. The topological polar surface area (TPSA) is 98.5 Å². The number of carbonyl (C=O) groups excluding carboxylic acids is 2. The summed E-state index contributed by atoms with van der Waals surface area (Å²) in [6.07, 6.45) is 0. The molecule has 25 heavy (non-hydrogen) atoms. The van der Waals surface area contributed by atoms with Crippen LogP contribution in [0.1, 0.15) is 15.9 Å². The second-order valence-corrected chi connectivity index (χ2v) is 5.82. The third-order valence-electron chi connectivity index (χ3n) is 3.18. The number of aryl methyl sites for hydroxylation is 1. The number of rotatable bonds is 5. The van der Waals surface area contributed by atoms with Crippen LogP contribution in [0.5, 0.6) is 0 Å². The molecule has 0 aliphatic rings. The Hall–Kier alpha value is -2.64. The molecule has 1 N–H and O–H groups in total. The first-order valence-corrected chi connectivity index (χ1v) is 7.70. The SMILES string of the molecule is Cc1cc([N+](=O)[O-])ccc1NC(=O)COC(=O)c1ccc(Cl)c(Cl)c1. The number of hydrogen-bond acceptors (Lipinski definition) is 5. The monoisotopic (exact) mass is 382 g/mol. The number of nitro benzene ring substituents is 1. The summed E-state index contributed by atoms with van der Waals surface area (Å²) in [5.41, 5.74) is 0.981. The van der Waals surface area contributed by atoms with Crippen molar-refractivity contribution in [3.05, 3.63) is 67.7 Å². The van der Waals surface area contributed by atoms with Gasteiger partial charge in [0.15, 0.2) is 6.61 Å². The minimum atomic E-state index is -0.728. The molecule has 0 radical (unpaired) electrons. The number of ether oxygens (including phenoxy) is 1. The van der Waals surface area contributed by atoms with Crippen molar-refractivity contribution in [1.29, 1.82) is 0 Å². The maximum atomic E-state index is 11.9. The molecule has 7 nitrogen and oxygen atoms in total. The van der Waals surface area contributed by atoms with Crippen LogP contribution < -0.4 is 5.32 Å². The summed E-state index contributed by atoms with van der Waals surface area (Å²) < 4.78 is 4.90. The van der Waals surface area contributed by atoms with Gasteiger partial charge in [-0.25, -0.2) is 4.79 Å². The summed E-state index contributed by atoms with van der Waals surface area (Å²) in [4.78, 5) is 33.9. The van der Waals surface area contributed by atoms with Crippen LogP contribution in [0, 0.1) is 17.0 Å². The van der Waals surface area contributed by atoms with Gasteiger partial charge in [0, 0.05) is 17.8 Å². The van der Waals surface area contributed by atoms with Crippen LogP contribution in [0.25, 0.3) is 0 Å². The zero-order valence-corrected chi connectivity index (χ0v) is 14.4. The lowest BCUT2D eigenvalue weighted by Gasteiger charge is -2.09. The van der Waals surface area contributed by atoms with E-state index in [9.17, 15) is 19.7 Å². The number of anilines is 1. The van der Waals surface area contributed by atoms with Crippen LogP contribution in [0.15, 0.2) is 36.4 Å². The second kappa shape index (κ2) is 7.96. The molecule has 2 rings (SSSR count). The van der Waals surface area contributed by atoms with E-state index in [1.165, 1.54) is 36.4 Å². The summed E-state index contributed by atoms with van der Waals surface area (Å²) in [5.74, 6) is -1.31. The third kappa shape index (κ3) is 4.91. The highest BCUT2D eigenvalue weighted by Crippen LogP contribution is 2.23. The van der Waals surface area contributed by atoms with Gasteiger partial charge in [-0.15, -0.1) is 0 Å². The number of nitrogens with zero attached hydrogens (tertiary/aromatic N) is 1. The van der Waals surface area contributed by atoms with Crippen molar-refractivity contribution in [3.8, 4) is 0 Å². The van der Waals surface area contributed by atoms with E-state index in [4.69, 9.17) is 27.9 Å². The molecule has 0 aliphatic heterocycles. The smallest absolute Gasteiger partial charge is 0.338 e. The van der Waals surface area contributed by atoms with Gasteiger partial charge in [-0.05, 0) is 36.8 Å². The zero-order valence-electron chi connectivity index (χ0n) is 12.9. The summed E-state index contributed by atoms with van der Waals surface area (Å²) in [7, 11) is 0. The molecule has 0 fully saturated rings. The molecule has 0 atom stereocenters. The Morgan fingerprint density at radius 2 is 1.88 bits per heavy atom. The van der Waals surface area contributed by atoms with Crippen molar-refractivity contribution in [2.45, 2.75) is 6.92 Å². The number of benzene rings is 2. The van der Waals surface area contributed by atoms with Crippen LogP contribution in [0.3, 0.4) is 0 Å². The molecule has 2 aromatic rings. The van der Waals surface area contributed by atoms with Gasteiger partial charge in [0.1, 0.15) is 0 Å². The zero-order chi connectivity index (χ0) is 18.6. The molecule has 2 aromatic carbocycles. The van der Waals surface area contributed by atoms with Crippen LogP contribution in [0.4, 0.5) is 11.4 Å². The van der Waals surface area contributed by atoms with E-state index in [0.29, 0.717) is 16.3 Å². The van der Waals surface area contributed by atoms with E-state index < -0.39 is 23.4 Å². The summed E-state index contributed by atoms with van der Waals surface area (Å²) in [6.45, 7) is 1.10. The Balaban J connectivity index is 1.95. The van der Waals surface area contributed by atoms with Crippen molar-refractivity contribution in [3.63, 3.8) is 0 Å². The van der Waals surface area contributed by atoms with Gasteiger partial charge < -0.3 is 10.1 Å². The predicted molar refractivity (Wildman–Crippen MR) is 93.2 cm³/mol. The number of nitrogens with one attached hydrogen (secondary N) is 1.